The van der Waals surface area contributed by atoms with E-state index in [-0.39, 0.29) is 16.2 Å². The predicted molar refractivity (Wildman–Crippen MR) is 87.6 cm³/mol. The van der Waals surface area contributed by atoms with Crippen molar-refractivity contribution in [3.05, 3.63) is 51.3 Å². The van der Waals surface area contributed by atoms with Gasteiger partial charge in [-0.2, -0.15) is 18.3 Å². The van der Waals surface area contributed by atoms with Gasteiger partial charge in [-0.15, -0.1) is 0 Å². The molecule has 4 nitrogen and oxygen atoms in total. The molecule has 1 N–H and O–H groups in total. The van der Waals surface area contributed by atoms with E-state index in [1.54, 1.807) is 0 Å². The fourth-order valence-electron chi connectivity index (χ4n) is 2.40. The topological polar surface area (TPSA) is 46.9 Å². The van der Waals surface area contributed by atoms with Gasteiger partial charge in [-0.25, -0.2) is 0 Å². The number of carbonyl (C=O) groups is 1. The highest BCUT2D eigenvalue weighted by molar-refractivity contribution is 9.10. The zero-order valence-corrected chi connectivity index (χ0v) is 15.0. The number of amides is 1. The van der Waals surface area contributed by atoms with Gasteiger partial charge in [-0.05, 0) is 34.8 Å². The molecule has 1 aromatic carbocycles. The second-order valence-electron chi connectivity index (χ2n) is 5.48. The number of carbonyl (C=O) groups excluding carboxylic acids is 1. The number of rotatable bonds is 4. The summed E-state index contributed by atoms with van der Waals surface area (Å²) in [6.07, 6.45) is -3.99. The highest BCUT2D eigenvalue weighted by Crippen LogP contribution is 2.36. The third-order valence-corrected chi connectivity index (χ3v) is 4.42. The Hall–Kier alpha value is -1.83. The highest BCUT2D eigenvalue weighted by atomic mass is 79.9. The molecule has 1 heterocycles. The number of aryl methyl sites for hydroxylation is 2. The number of halogens is 4. The molecule has 130 valence electrons. The third-order valence-electron chi connectivity index (χ3n) is 3.67. The van der Waals surface area contributed by atoms with Crippen LogP contribution < -0.4 is 5.32 Å². The Morgan fingerprint density at radius 3 is 2.38 bits per heavy atom. The molecular formula is C16H17BrF3N3O. The molecule has 0 aliphatic carbocycles. The molecule has 1 amide bonds. The Labute approximate surface area is 146 Å². The van der Waals surface area contributed by atoms with Crippen LogP contribution in [0.1, 0.15) is 46.7 Å². The molecule has 0 saturated carbocycles. The van der Waals surface area contributed by atoms with E-state index in [1.165, 1.54) is 0 Å². The van der Waals surface area contributed by atoms with E-state index >= 15 is 0 Å². The standard InChI is InChI=1S/C16H17BrF3N3O/c1-4-11(10-7-5-9(2)6-8-10)21-15(24)13-12(17)14(16(18,19)20)23(3)22-13/h5-8,11H,4H2,1-3H3,(H,21,24). The molecule has 1 atom stereocenters. The van der Waals surface area contributed by atoms with Crippen LogP contribution in [0.25, 0.3) is 0 Å². The smallest absolute Gasteiger partial charge is 0.344 e. The SMILES string of the molecule is CCC(NC(=O)c1nn(C)c(C(F)(F)F)c1Br)c1ccc(C)cc1. The van der Waals surface area contributed by atoms with E-state index < -0.39 is 17.8 Å². The Bertz CT molecular complexity index is 738. The molecule has 0 spiro atoms. The summed E-state index contributed by atoms with van der Waals surface area (Å²) in [5.41, 5.74) is 0.702. The van der Waals surface area contributed by atoms with Gasteiger partial charge in [0.05, 0.1) is 10.5 Å². The summed E-state index contributed by atoms with van der Waals surface area (Å²) in [5.74, 6) is -0.652. The van der Waals surface area contributed by atoms with Crippen LogP contribution in [-0.2, 0) is 13.2 Å². The number of alkyl halides is 3. The summed E-state index contributed by atoms with van der Waals surface area (Å²) in [6, 6.07) is 7.31. The summed E-state index contributed by atoms with van der Waals surface area (Å²) in [7, 11) is 1.15. The molecule has 1 unspecified atom stereocenters. The van der Waals surface area contributed by atoms with Crippen molar-refractivity contribution < 1.29 is 18.0 Å². The molecule has 2 rings (SSSR count). The van der Waals surface area contributed by atoms with Crippen LogP contribution in [0.4, 0.5) is 13.2 Å². The molecule has 0 radical (unpaired) electrons. The summed E-state index contributed by atoms with van der Waals surface area (Å²) in [4.78, 5) is 12.4. The van der Waals surface area contributed by atoms with Crippen LogP contribution in [0, 0.1) is 6.92 Å². The number of aromatic nitrogens is 2. The lowest BCUT2D eigenvalue weighted by molar-refractivity contribution is -0.144. The molecule has 1 aromatic heterocycles. The number of benzene rings is 1. The maximum absolute atomic E-state index is 13.0. The van der Waals surface area contributed by atoms with Gasteiger partial charge < -0.3 is 5.32 Å². The van der Waals surface area contributed by atoms with Crippen molar-refractivity contribution in [2.24, 2.45) is 7.05 Å². The fourth-order valence-corrected chi connectivity index (χ4v) is 3.14. The lowest BCUT2D eigenvalue weighted by Gasteiger charge is -2.17. The quantitative estimate of drug-likeness (QED) is 0.822. The van der Waals surface area contributed by atoms with Crippen molar-refractivity contribution in [2.45, 2.75) is 32.5 Å². The number of hydrogen-bond acceptors (Lipinski definition) is 2. The van der Waals surface area contributed by atoms with E-state index in [1.807, 2.05) is 38.1 Å². The van der Waals surface area contributed by atoms with Gasteiger partial charge in [0.2, 0.25) is 0 Å². The average Bonchev–Trinajstić information content (AvgIpc) is 2.80. The minimum absolute atomic E-state index is 0.282. The maximum Gasteiger partial charge on any atom is 0.434 e. The zero-order valence-electron chi connectivity index (χ0n) is 13.4. The Morgan fingerprint density at radius 1 is 1.33 bits per heavy atom. The molecule has 24 heavy (non-hydrogen) atoms. The van der Waals surface area contributed by atoms with Crippen molar-refractivity contribution >= 4 is 21.8 Å². The largest absolute Gasteiger partial charge is 0.434 e. The minimum atomic E-state index is -4.60. The van der Waals surface area contributed by atoms with Gasteiger partial charge >= 0.3 is 6.18 Å². The Morgan fingerprint density at radius 2 is 1.92 bits per heavy atom. The van der Waals surface area contributed by atoms with Crippen LogP contribution in [0.3, 0.4) is 0 Å². The van der Waals surface area contributed by atoms with Crippen LogP contribution in [0.5, 0.6) is 0 Å². The highest BCUT2D eigenvalue weighted by Gasteiger charge is 2.39. The van der Waals surface area contributed by atoms with Crippen LogP contribution in [0.15, 0.2) is 28.7 Å². The monoisotopic (exact) mass is 403 g/mol. The first kappa shape index (κ1) is 18.5. The van der Waals surface area contributed by atoms with Gasteiger partial charge in [0.1, 0.15) is 0 Å². The van der Waals surface area contributed by atoms with Gasteiger partial charge in [0.15, 0.2) is 11.4 Å². The lowest BCUT2D eigenvalue weighted by atomic mass is 10.0. The lowest BCUT2D eigenvalue weighted by Crippen LogP contribution is -2.28. The van der Waals surface area contributed by atoms with Crippen molar-refractivity contribution in [1.29, 1.82) is 0 Å². The van der Waals surface area contributed by atoms with E-state index in [4.69, 9.17) is 0 Å². The Balaban J connectivity index is 2.27. The Kier molecular flexibility index (Phi) is 5.37. The number of hydrogen-bond donors (Lipinski definition) is 1. The molecule has 0 bridgehead atoms. The van der Waals surface area contributed by atoms with Crippen molar-refractivity contribution in [2.75, 3.05) is 0 Å². The molecular weight excluding hydrogens is 387 g/mol. The third kappa shape index (κ3) is 3.80. The molecule has 2 aromatic rings. The van der Waals surface area contributed by atoms with Gasteiger partial charge in [0, 0.05) is 7.05 Å². The van der Waals surface area contributed by atoms with E-state index in [9.17, 15) is 18.0 Å². The van der Waals surface area contributed by atoms with E-state index in [0.29, 0.717) is 11.1 Å². The fraction of sp³-hybridized carbons (Fsp3) is 0.375. The first-order valence-corrected chi connectivity index (χ1v) is 8.11. The molecule has 0 aliphatic heterocycles. The van der Waals surface area contributed by atoms with Crippen molar-refractivity contribution in [3.63, 3.8) is 0 Å². The minimum Gasteiger partial charge on any atom is -0.344 e. The van der Waals surface area contributed by atoms with E-state index in [0.717, 1.165) is 18.2 Å². The van der Waals surface area contributed by atoms with Gasteiger partial charge in [-0.1, -0.05) is 36.8 Å². The van der Waals surface area contributed by atoms with Crippen molar-refractivity contribution in [1.82, 2.24) is 15.1 Å². The summed E-state index contributed by atoms with van der Waals surface area (Å²) < 4.78 is 39.3. The first-order valence-electron chi connectivity index (χ1n) is 7.32. The zero-order chi connectivity index (χ0) is 18.1. The van der Waals surface area contributed by atoms with Gasteiger partial charge in [-0.3, -0.25) is 9.48 Å². The summed E-state index contributed by atoms with van der Waals surface area (Å²) in [5, 5.41) is 6.45. The van der Waals surface area contributed by atoms with Crippen LogP contribution in [0.2, 0.25) is 0 Å². The predicted octanol–water partition coefficient (Wildman–Crippen LogP) is 4.39. The molecule has 0 saturated heterocycles. The summed E-state index contributed by atoms with van der Waals surface area (Å²) >= 11 is 2.85. The average molecular weight is 404 g/mol. The first-order chi connectivity index (χ1) is 11.1. The molecule has 0 aliphatic rings. The molecule has 8 heteroatoms. The number of nitrogens with one attached hydrogen (secondary N) is 1. The van der Waals surface area contributed by atoms with Gasteiger partial charge in [0.25, 0.3) is 5.91 Å². The van der Waals surface area contributed by atoms with Crippen LogP contribution in [-0.4, -0.2) is 15.7 Å². The van der Waals surface area contributed by atoms with Crippen molar-refractivity contribution in [3.8, 4) is 0 Å². The number of nitrogens with zero attached hydrogens (tertiary/aromatic N) is 2. The normalized spacial score (nSPS) is 13.0. The second kappa shape index (κ2) is 6.96. The summed E-state index contributed by atoms with van der Waals surface area (Å²) in [6.45, 7) is 3.84. The second-order valence-corrected chi connectivity index (χ2v) is 6.27. The van der Waals surface area contributed by atoms with Crippen LogP contribution >= 0.6 is 15.9 Å². The maximum atomic E-state index is 13.0. The van der Waals surface area contributed by atoms with E-state index in [2.05, 4.69) is 26.3 Å². The molecule has 0 fully saturated rings.